The highest BCUT2D eigenvalue weighted by Gasteiger charge is 2.24. The van der Waals surface area contributed by atoms with Crippen LogP contribution in [0.15, 0.2) is 0 Å². The summed E-state index contributed by atoms with van der Waals surface area (Å²) in [5, 5.41) is 19.3. The van der Waals surface area contributed by atoms with Gasteiger partial charge < -0.3 is 10.2 Å². The summed E-state index contributed by atoms with van der Waals surface area (Å²) in [5.41, 5.74) is 0. The molecule has 0 bridgehead atoms. The third-order valence-electron chi connectivity index (χ3n) is 2.61. The Morgan fingerprint density at radius 1 is 1.38 bits per heavy atom. The fourth-order valence-corrected chi connectivity index (χ4v) is 3.24. The Labute approximate surface area is 84.7 Å². The monoisotopic (exact) mass is 204 g/mol. The first-order valence-corrected chi connectivity index (χ1v) is 6.12. The molecule has 0 aromatic carbocycles. The van der Waals surface area contributed by atoms with Gasteiger partial charge >= 0.3 is 0 Å². The summed E-state index contributed by atoms with van der Waals surface area (Å²) in [4.78, 5) is 0. The Kier molecular flexibility index (Phi) is 5.14. The van der Waals surface area contributed by atoms with Gasteiger partial charge in [-0.25, -0.2) is 0 Å². The van der Waals surface area contributed by atoms with Crippen molar-refractivity contribution >= 4 is 11.8 Å². The van der Waals surface area contributed by atoms with Crippen molar-refractivity contribution < 1.29 is 10.2 Å². The molecule has 0 aromatic rings. The maximum absolute atomic E-state index is 9.70. The predicted molar refractivity (Wildman–Crippen MR) is 57.0 cm³/mol. The van der Waals surface area contributed by atoms with Gasteiger partial charge in [-0.15, -0.1) is 0 Å². The summed E-state index contributed by atoms with van der Waals surface area (Å²) in [7, 11) is 0. The summed E-state index contributed by atoms with van der Waals surface area (Å²) in [6, 6.07) is 0. The summed E-state index contributed by atoms with van der Waals surface area (Å²) >= 11 is 1.84. The molecule has 3 atom stereocenters. The smallest absolute Gasteiger partial charge is 0.0658 e. The van der Waals surface area contributed by atoms with E-state index in [9.17, 15) is 5.11 Å². The Morgan fingerprint density at radius 2 is 2.08 bits per heavy atom. The maximum atomic E-state index is 9.70. The number of thioether (sulfide) groups is 1. The van der Waals surface area contributed by atoms with E-state index in [0.29, 0.717) is 10.5 Å². The summed E-state index contributed by atoms with van der Waals surface area (Å²) in [6.07, 6.45) is 5.26. The maximum Gasteiger partial charge on any atom is 0.0658 e. The van der Waals surface area contributed by atoms with Crippen molar-refractivity contribution in [1.82, 2.24) is 0 Å². The van der Waals surface area contributed by atoms with Crippen LogP contribution in [0.25, 0.3) is 0 Å². The minimum atomic E-state index is -0.111. The van der Waals surface area contributed by atoms with Crippen LogP contribution in [0.4, 0.5) is 0 Å². The molecule has 2 N–H and O–H groups in total. The fraction of sp³-hybridized carbons (Fsp3) is 1.00. The molecule has 1 saturated carbocycles. The highest BCUT2D eigenvalue weighted by molar-refractivity contribution is 8.00. The number of hydrogen-bond acceptors (Lipinski definition) is 3. The van der Waals surface area contributed by atoms with E-state index < -0.39 is 0 Å². The molecule has 2 nitrogen and oxygen atoms in total. The van der Waals surface area contributed by atoms with Crippen LogP contribution in [0, 0.1) is 0 Å². The van der Waals surface area contributed by atoms with E-state index in [4.69, 9.17) is 5.11 Å². The molecule has 0 saturated heterocycles. The normalized spacial score (nSPS) is 31.6. The predicted octanol–water partition coefficient (Wildman–Crippen LogP) is 1.79. The fourth-order valence-electron chi connectivity index (χ4n) is 1.78. The van der Waals surface area contributed by atoms with E-state index in [1.54, 1.807) is 0 Å². The second-order valence-electron chi connectivity index (χ2n) is 3.85. The van der Waals surface area contributed by atoms with Crippen LogP contribution < -0.4 is 0 Å². The van der Waals surface area contributed by atoms with Gasteiger partial charge in [-0.2, -0.15) is 11.8 Å². The van der Waals surface area contributed by atoms with Crippen molar-refractivity contribution in [2.24, 2.45) is 0 Å². The minimum absolute atomic E-state index is 0.111. The molecule has 0 aliphatic heterocycles. The first kappa shape index (κ1) is 11.3. The van der Waals surface area contributed by atoms with Crippen LogP contribution in [0.2, 0.25) is 0 Å². The number of aliphatic hydroxyl groups excluding tert-OH is 2. The Balaban J connectivity index is 2.25. The minimum Gasteiger partial charge on any atom is -0.396 e. The van der Waals surface area contributed by atoms with Gasteiger partial charge in [0.05, 0.1) is 6.10 Å². The topological polar surface area (TPSA) is 40.5 Å². The average Bonchev–Trinajstić information content (AvgIpc) is 2.09. The summed E-state index contributed by atoms with van der Waals surface area (Å²) in [6.45, 7) is 2.39. The van der Waals surface area contributed by atoms with Gasteiger partial charge in [0.25, 0.3) is 0 Å². The van der Waals surface area contributed by atoms with Crippen LogP contribution in [0.1, 0.15) is 39.0 Å². The molecule has 3 unspecified atom stereocenters. The van der Waals surface area contributed by atoms with E-state index in [0.717, 1.165) is 19.3 Å². The SMILES string of the molecule is CC(CCO)SC1CCCCC1O. The van der Waals surface area contributed by atoms with Gasteiger partial charge in [-0.1, -0.05) is 19.8 Å². The molecular weight excluding hydrogens is 184 g/mol. The van der Waals surface area contributed by atoms with Crippen LogP contribution in [0.5, 0.6) is 0 Å². The molecule has 0 amide bonds. The molecular formula is C10H20O2S. The standard InChI is InChI=1S/C10H20O2S/c1-8(6-7-11)13-10-5-3-2-4-9(10)12/h8-12H,2-7H2,1H3. The van der Waals surface area contributed by atoms with Gasteiger partial charge in [0.2, 0.25) is 0 Å². The molecule has 78 valence electrons. The number of hydrogen-bond donors (Lipinski definition) is 2. The molecule has 0 aromatic heterocycles. The first-order chi connectivity index (χ1) is 6.24. The zero-order valence-electron chi connectivity index (χ0n) is 8.28. The van der Waals surface area contributed by atoms with Crippen molar-refractivity contribution in [2.45, 2.75) is 55.6 Å². The molecule has 0 radical (unpaired) electrons. The third-order valence-corrected chi connectivity index (χ3v) is 4.21. The summed E-state index contributed by atoms with van der Waals surface area (Å²) in [5.74, 6) is 0. The van der Waals surface area contributed by atoms with Crippen LogP contribution in [-0.2, 0) is 0 Å². The van der Waals surface area contributed by atoms with Gasteiger partial charge in [-0.3, -0.25) is 0 Å². The van der Waals surface area contributed by atoms with Gasteiger partial charge in [0.15, 0.2) is 0 Å². The van der Waals surface area contributed by atoms with Crippen molar-refractivity contribution in [3.63, 3.8) is 0 Å². The molecule has 1 rings (SSSR count). The lowest BCUT2D eigenvalue weighted by Crippen LogP contribution is -2.28. The average molecular weight is 204 g/mol. The van der Waals surface area contributed by atoms with E-state index in [1.165, 1.54) is 12.8 Å². The molecule has 1 aliphatic carbocycles. The van der Waals surface area contributed by atoms with Crippen LogP contribution in [0.3, 0.4) is 0 Å². The molecule has 1 aliphatic rings. The van der Waals surface area contributed by atoms with Gasteiger partial charge in [0.1, 0.15) is 0 Å². The Hall–Kier alpha value is 0.270. The zero-order chi connectivity index (χ0) is 9.68. The van der Waals surface area contributed by atoms with E-state index in [2.05, 4.69) is 6.92 Å². The van der Waals surface area contributed by atoms with Crippen molar-refractivity contribution in [3.8, 4) is 0 Å². The largest absolute Gasteiger partial charge is 0.396 e. The highest BCUT2D eigenvalue weighted by atomic mass is 32.2. The molecule has 0 spiro atoms. The molecule has 3 heteroatoms. The third kappa shape index (κ3) is 3.88. The quantitative estimate of drug-likeness (QED) is 0.733. The molecule has 13 heavy (non-hydrogen) atoms. The van der Waals surface area contributed by atoms with Crippen molar-refractivity contribution in [3.05, 3.63) is 0 Å². The number of aliphatic hydroxyl groups is 2. The zero-order valence-corrected chi connectivity index (χ0v) is 9.09. The molecule has 0 heterocycles. The Bertz CT molecular complexity index is 141. The number of rotatable bonds is 4. The van der Waals surface area contributed by atoms with Crippen molar-refractivity contribution in [2.75, 3.05) is 6.61 Å². The lowest BCUT2D eigenvalue weighted by molar-refractivity contribution is 0.136. The van der Waals surface area contributed by atoms with Crippen LogP contribution in [-0.4, -0.2) is 33.4 Å². The summed E-state index contributed by atoms with van der Waals surface area (Å²) < 4.78 is 0. The lowest BCUT2D eigenvalue weighted by Gasteiger charge is -2.29. The second-order valence-corrected chi connectivity index (χ2v) is 5.53. The highest BCUT2D eigenvalue weighted by Crippen LogP contribution is 2.32. The Morgan fingerprint density at radius 3 is 2.69 bits per heavy atom. The van der Waals surface area contributed by atoms with Crippen LogP contribution >= 0.6 is 11.8 Å². The van der Waals surface area contributed by atoms with Gasteiger partial charge in [-0.05, 0) is 19.3 Å². The van der Waals surface area contributed by atoms with E-state index in [1.807, 2.05) is 11.8 Å². The lowest BCUT2D eigenvalue weighted by atomic mass is 9.97. The molecule has 1 fully saturated rings. The second kappa shape index (κ2) is 5.89. The van der Waals surface area contributed by atoms with Crippen molar-refractivity contribution in [1.29, 1.82) is 0 Å². The first-order valence-electron chi connectivity index (χ1n) is 5.18. The van der Waals surface area contributed by atoms with E-state index >= 15 is 0 Å². The van der Waals surface area contributed by atoms with E-state index in [-0.39, 0.29) is 12.7 Å². The van der Waals surface area contributed by atoms with Gasteiger partial charge in [0, 0.05) is 17.1 Å².